The number of pyridine rings is 1. The molecule has 0 bridgehead atoms. The zero-order valence-corrected chi connectivity index (χ0v) is 10.9. The summed E-state index contributed by atoms with van der Waals surface area (Å²) in [6.45, 7) is 0. The van der Waals surface area contributed by atoms with Crippen molar-refractivity contribution >= 4 is 28.9 Å². The van der Waals surface area contributed by atoms with Gasteiger partial charge in [-0.1, -0.05) is 11.6 Å². The van der Waals surface area contributed by atoms with E-state index in [9.17, 15) is 23.7 Å². The van der Waals surface area contributed by atoms with Crippen LogP contribution in [-0.2, 0) is 0 Å². The first-order valence-corrected chi connectivity index (χ1v) is 5.83. The van der Waals surface area contributed by atoms with E-state index in [1.54, 1.807) is 0 Å². The van der Waals surface area contributed by atoms with Crippen LogP contribution in [0.3, 0.4) is 0 Å². The van der Waals surface area contributed by atoms with Gasteiger partial charge in [-0.2, -0.15) is 4.39 Å². The van der Waals surface area contributed by atoms with E-state index in [4.69, 9.17) is 11.6 Å². The van der Waals surface area contributed by atoms with Crippen LogP contribution in [0.25, 0.3) is 0 Å². The number of nitrogens with zero attached hydrogens (tertiary/aromatic N) is 2. The molecule has 1 N–H and O–H groups in total. The Morgan fingerprint density at radius 1 is 1.33 bits per heavy atom. The summed E-state index contributed by atoms with van der Waals surface area (Å²) in [4.78, 5) is 24.8. The monoisotopic (exact) mass is 313 g/mol. The van der Waals surface area contributed by atoms with Gasteiger partial charge in [-0.25, -0.2) is 9.37 Å². The van der Waals surface area contributed by atoms with Crippen molar-refractivity contribution < 1.29 is 18.5 Å². The maximum absolute atomic E-state index is 13.4. The maximum Gasteiger partial charge on any atom is 0.289 e. The Morgan fingerprint density at radius 2 is 2.05 bits per heavy atom. The van der Waals surface area contributed by atoms with Crippen molar-refractivity contribution in [3.63, 3.8) is 0 Å². The zero-order chi connectivity index (χ0) is 15.6. The summed E-state index contributed by atoms with van der Waals surface area (Å²) in [6.07, 6.45) is 0.928. The highest BCUT2D eigenvalue weighted by Crippen LogP contribution is 2.27. The number of nitrogens with one attached hydrogen (secondary N) is 1. The van der Waals surface area contributed by atoms with Crippen LogP contribution < -0.4 is 5.32 Å². The van der Waals surface area contributed by atoms with Gasteiger partial charge >= 0.3 is 0 Å². The van der Waals surface area contributed by atoms with Crippen LogP contribution in [0.5, 0.6) is 0 Å². The van der Waals surface area contributed by atoms with Crippen molar-refractivity contribution in [1.82, 2.24) is 4.98 Å². The first-order chi connectivity index (χ1) is 9.90. The molecule has 1 aromatic carbocycles. The van der Waals surface area contributed by atoms with Crippen molar-refractivity contribution in [2.45, 2.75) is 0 Å². The molecule has 0 atom stereocenters. The van der Waals surface area contributed by atoms with E-state index >= 15 is 0 Å². The number of amides is 1. The molecule has 1 heterocycles. The molecule has 2 aromatic rings. The number of nitro benzene ring substituents is 1. The lowest BCUT2D eigenvalue weighted by Gasteiger charge is -2.06. The van der Waals surface area contributed by atoms with Gasteiger partial charge < -0.3 is 5.32 Å². The topological polar surface area (TPSA) is 85.1 Å². The molecule has 0 aliphatic heterocycles. The number of carbonyl (C=O) groups excluding carboxylic acids is 1. The summed E-state index contributed by atoms with van der Waals surface area (Å²) in [7, 11) is 0. The van der Waals surface area contributed by atoms with Gasteiger partial charge in [0, 0.05) is 18.0 Å². The molecule has 108 valence electrons. The highest BCUT2D eigenvalue weighted by molar-refractivity contribution is 6.32. The van der Waals surface area contributed by atoms with E-state index in [1.807, 2.05) is 0 Å². The highest BCUT2D eigenvalue weighted by atomic mass is 35.5. The van der Waals surface area contributed by atoms with E-state index in [0.717, 1.165) is 18.3 Å². The summed E-state index contributed by atoms with van der Waals surface area (Å²) >= 11 is 5.62. The fourth-order valence-electron chi connectivity index (χ4n) is 1.52. The molecule has 0 saturated heterocycles. The number of halogens is 3. The minimum absolute atomic E-state index is 0.0210. The molecule has 1 amide bonds. The fourth-order valence-corrected chi connectivity index (χ4v) is 1.71. The van der Waals surface area contributed by atoms with Gasteiger partial charge in [-0.05, 0) is 18.2 Å². The van der Waals surface area contributed by atoms with Crippen LogP contribution in [0.2, 0.25) is 5.02 Å². The molecule has 0 fully saturated rings. The first kappa shape index (κ1) is 14.8. The number of benzene rings is 1. The molecule has 0 spiro atoms. The van der Waals surface area contributed by atoms with Gasteiger partial charge in [-0.3, -0.25) is 14.9 Å². The number of hydrogen-bond acceptors (Lipinski definition) is 4. The largest absolute Gasteiger partial charge is 0.322 e. The van der Waals surface area contributed by atoms with Crippen molar-refractivity contribution in [3.8, 4) is 0 Å². The predicted molar refractivity (Wildman–Crippen MR) is 70.2 cm³/mol. The van der Waals surface area contributed by atoms with Crippen LogP contribution in [0.15, 0.2) is 30.5 Å². The summed E-state index contributed by atoms with van der Waals surface area (Å²) in [5.41, 5.74) is -0.969. The summed E-state index contributed by atoms with van der Waals surface area (Å²) < 4.78 is 26.3. The average Bonchev–Trinajstić information content (AvgIpc) is 2.43. The molecule has 0 radical (unpaired) electrons. The fraction of sp³-hybridized carbons (Fsp3) is 0. The second-order valence-corrected chi connectivity index (χ2v) is 4.25. The summed E-state index contributed by atoms with van der Waals surface area (Å²) in [6, 6.07) is 4.50. The van der Waals surface area contributed by atoms with Crippen LogP contribution in [0.1, 0.15) is 10.4 Å². The van der Waals surface area contributed by atoms with Gasteiger partial charge in [0.2, 0.25) is 5.95 Å². The second kappa shape index (κ2) is 5.80. The molecule has 9 heteroatoms. The van der Waals surface area contributed by atoms with Gasteiger partial charge in [0.1, 0.15) is 5.02 Å². The van der Waals surface area contributed by atoms with Gasteiger partial charge in [0.15, 0.2) is 5.82 Å². The van der Waals surface area contributed by atoms with Gasteiger partial charge in [0.25, 0.3) is 11.6 Å². The molecule has 21 heavy (non-hydrogen) atoms. The van der Waals surface area contributed by atoms with E-state index in [1.165, 1.54) is 12.1 Å². The Kier molecular flexibility index (Phi) is 4.08. The standard InChI is InChI=1S/C12H6ClF2N3O3/c13-8-2-1-6(5-9(8)18(20)21)17-12(19)7-3-4-16-11(15)10(7)14/h1-5H,(H,17,19). The van der Waals surface area contributed by atoms with Crippen LogP contribution in [0, 0.1) is 21.9 Å². The van der Waals surface area contributed by atoms with Crippen molar-refractivity contribution in [2.75, 3.05) is 5.32 Å². The number of anilines is 1. The molecule has 0 aliphatic rings. The minimum Gasteiger partial charge on any atom is -0.322 e. The number of nitro groups is 1. The molecule has 0 aliphatic carbocycles. The SMILES string of the molecule is O=C(Nc1ccc(Cl)c([N+](=O)[O-])c1)c1ccnc(F)c1F. The number of rotatable bonds is 3. The van der Waals surface area contributed by atoms with Crippen LogP contribution >= 0.6 is 11.6 Å². The van der Waals surface area contributed by atoms with Crippen LogP contribution in [0.4, 0.5) is 20.2 Å². The molecular formula is C12H6ClF2N3O3. The Morgan fingerprint density at radius 3 is 2.71 bits per heavy atom. The first-order valence-electron chi connectivity index (χ1n) is 5.45. The molecule has 0 unspecified atom stereocenters. The van der Waals surface area contributed by atoms with E-state index in [2.05, 4.69) is 10.3 Å². The van der Waals surface area contributed by atoms with E-state index in [-0.39, 0.29) is 10.7 Å². The number of aromatic nitrogens is 1. The number of hydrogen-bond donors (Lipinski definition) is 1. The van der Waals surface area contributed by atoms with Crippen molar-refractivity contribution in [2.24, 2.45) is 0 Å². The van der Waals surface area contributed by atoms with E-state index in [0.29, 0.717) is 0 Å². The molecule has 2 rings (SSSR count). The predicted octanol–water partition coefficient (Wildman–Crippen LogP) is 3.17. The third kappa shape index (κ3) is 3.11. The normalized spacial score (nSPS) is 10.2. The smallest absolute Gasteiger partial charge is 0.289 e. The molecule has 0 saturated carbocycles. The Balaban J connectivity index is 2.30. The molecule has 6 nitrogen and oxygen atoms in total. The third-order valence-corrected chi connectivity index (χ3v) is 2.81. The lowest BCUT2D eigenvalue weighted by atomic mass is 10.2. The molecular weight excluding hydrogens is 308 g/mol. The Labute approximate surface area is 121 Å². The quantitative estimate of drug-likeness (QED) is 0.536. The summed E-state index contributed by atoms with van der Waals surface area (Å²) in [5.74, 6) is -3.78. The lowest BCUT2D eigenvalue weighted by Crippen LogP contribution is -2.15. The Bertz CT molecular complexity index is 740. The minimum atomic E-state index is -1.41. The average molecular weight is 314 g/mol. The zero-order valence-electron chi connectivity index (χ0n) is 10.1. The van der Waals surface area contributed by atoms with Gasteiger partial charge in [-0.15, -0.1) is 0 Å². The summed E-state index contributed by atoms with van der Waals surface area (Å²) in [5, 5.41) is 12.8. The van der Waals surface area contributed by atoms with Gasteiger partial charge in [0.05, 0.1) is 10.5 Å². The maximum atomic E-state index is 13.4. The van der Waals surface area contributed by atoms with Crippen LogP contribution in [-0.4, -0.2) is 15.8 Å². The van der Waals surface area contributed by atoms with Crippen molar-refractivity contribution in [3.05, 3.63) is 62.9 Å². The third-order valence-electron chi connectivity index (χ3n) is 2.49. The highest BCUT2D eigenvalue weighted by Gasteiger charge is 2.18. The van der Waals surface area contributed by atoms with Crippen molar-refractivity contribution in [1.29, 1.82) is 0 Å². The second-order valence-electron chi connectivity index (χ2n) is 3.84. The molecule has 1 aromatic heterocycles. The number of carbonyl (C=O) groups is 1. The lowest BCUT2D eigenvalue weighted by molar-refractivity contribution is -0.384. The van der Waals surface area contributed by atoms with E-state index < -0.39 is 33.8 Å². The Hall–Kier alpha value is -2.61.